The standard InChI is InChI=1S/C21H25F4N3O2/c1-19(2,15-8-7-13(22)9-18(15)30-3)11-20(29,21(23,24)25)12-26-16-5-4-6-17-14(16)10-27-28-17/h4-10,14,17,26,28-29H,11-12H2,1-3H3. The van der Waals surface area contributed by atoms with Gasteiger partial charge in [0.25, 0.3) is 0 Å². The van der Waals surface area contributed by atoms with Crippen molar-refractivity contribution in [3.63, 3.8) is 0 Å². The second kappa shape index (κ2) is 7.94. The predicted octanol–water partition coefficient (Wildman–Crippen LogP) is 3.41. The van der Waals surface area contributed by atoms with Crippen LogP contribution in [0.1, 0.15) is 25.8 Å². The number of methoxy groups -OCH3 is 1. The molecule has 0 radical (unpaired) electrons. The van der Waals surface area contributed by atoms with Gasteiger partial charge in [-0.3, -0.25) is 0 Å². The summed E-state index contributed by atoms with van der Waals surface area (Å²) in [7, 11) is 1.32. The van der Waals surface area contributed by atoms with Crippen LogP contribution < -0.4 is 15.5 Å². The van der Waals surface area contributed by atoms with Gasteiger partial charge in [-0.2, -0.15) is 18.3 Å². The van der Waals surface area contributed by atoms with Crippen LogP contribution in [-0.4, -0.2) is 42.8 Å². The lowest BCUT2D eigenvalue weighted by Crippen LogP contribution is -2.55. The first-order valence-corrected chi connectivity index (χ1v) is 9.51. The highest BCUT2D eigenvalue weighted by Crippen LogP contribution is 2.43. The van der Waals surface area contributed by atoms with Crippen LogP contribution in [0.5, 0.6) is 5.75 Å². The van der Waals surface area contributed by atoms with Crippen LogP contribution in [0.3, 0.4) is 0 Å². The number of hydrogen-bond donors (Lipinski definition) is 3. The molecule has 5 nitrogen and oxygen atoms in total. The Morgan fingerprint density at radius 3 is 2.67 bits per heavy atom. The normalized spacial score (nSPS) is 22.7. The molecule has 3 unspecified atom stereocenters. The van der Waals surface area contributed by atoms with Crippen molar-refractivity contribution in [2.45, 2.75) is 43.5 Å². The Hall–Kier alpha value is -2.55. The number of aliphatic hydroxyl groups is 1. The molecule has 30 heavy (non-hydrogen) atoms. The average Bonchev–Trinajstić information content (AvgIpc) is 3.14. The molecule has 1 aromatic carbocycles. The zero-order chi connectivity index (χ0) is 22.2. The maximum absolute atomic E-state index is 14.0. The minimum Gasteiger partial charge on any atom is -0.496 e. The number of halogens is 4. The highest BCUT2D eigenvalue weighted by molar-refractivity contribution is 5.69. The second-order valence-electron chi connectivity index (χ2n) is 8.25. The third-order valence-electron chi connectivity index (χ3n) is 5.54. The Morgan fingerprint density at radius 2 is 2.00 bits per heavy atom. The van der Waals surface area contributed by atoms with Crippen LogP contribution in [0.25, 0.3) is 0 Å². The number of allylic oxidation sites excluding steroid dienone is 2. The van der Waals surface area contributed by atoms with Crippen LogP contribution in [0.15, 0.2) is 47.2 Å². The number of hydrazone groups is 1. The van der Waals surface area contributed by atoms with Gasteiger partial charge in [-0.1, -0.05) is 32.1 Å². The van der Waals surface area contributed by atoms with E-state index >= 15 is 0 Å². The van der Waals surface area contributed by atoms with E-state index in [2.05, 4.69) is 15.8 Å². The molecular weight excluding hydrogens is 402 g/mol. The molecule has 3 atom stereocenters. The van der Waals surface area contributed by atoms with Crippen molar-refractivity contribution in [2.75, 3.05) is 13.7 Å². The summed E-state index contributed by atoms with van der Waals surface area (Å²) in [6, 6.07) is 3.54. The van der Waals surface area contributed by atoms with Crippen molar-refractivity contribution in [3.05, 3.63) is 53.5 Å². The van der Waals surface area contributed by atoms with E-state index in [1.165, 1.54) is 13.2 Å². The molecule has 0 fully saturated rings. The van der Waals surface area contributed by atoms with Crippen LogP contribution in [0.2, 0.25) is 0 Å². The first-order chi connectivity index (χ1) is 14.0. The number of nitrogens with one attached hydrogen (secondary N) is 2. The summed E-state index contributed by atoms with van der Waals surface area (Å²) in [5.74, 6) is -0.649. The Labute approximate surface area is 172 Å². The number of benzene rings is 1. The first kappa shape index (κ1) is 22.1. The minimum atomic E-state index is -4.89. The monoisotopic (exact) mass is 427 g/mol. The van der Waals surface area contributed by atoms with Crippen molar-refractivity contribution in [1.29, 1.82) is 0 Å². The Bertz CT molecular complexity index is 879. The zero-order valence-electron chi connectivity index (χ0n) is 16.9. The van der Waals surface area contributed by atoms with E-state index in [0.717, 1.165) is 12.1 Å². The number of rotatable bonds is 7. The molecule has 2 aliphatic rings. The molecule has 0 bridgehead atoms. The van der Waals surface area contributed by atoms with Gasteiger partial charge >= 0.3 is 6.18 Å². The summed E-state index contributed by atoms with van der Waals surface area (Å²) in [6.45, 7) is 2.39. The lowest BCUT2D eigenvalue weighted by Gasteiger charge is -2.39. The fourth-order valence-corrected chi connectivity index (χ4v) is 3.95. The van der Waals surface area contributed by atoms with Crippen LogP contribution >= 0.6 is 0 Å². The lowest BCUT2D eigenvalue weighted by molar-refractivity contribution is -0.264. The molecular formula is C21H25F4N3O2. The third kappa shape index (κ3) is 4.30. The minimum absolute atomic E-state index is 0.128. The summed E-state index contributed by atoms with van der Waals surface area (Å²) in [6.07, 6.45) is 1.34. The van der Waals surface area contributed by atoms with Crippen LogP contribution in [-0.2, 0) is 5.41 Å². The molecule has 0 amide bonds. The van der Waals surface area contributed by atoms with Crippen LogP contribution in [0.4, 0.5) is 17.6 Å². The molecule has 1 aliphatic carbocycles. The number of fused-ring (bicyclic) bond motifs is 1. The van der Waals surface area contributed by atoms with E-state index in [4.69, 9.17) is 4.74 Å². The lowest BCUT2D eigenvalue weighted by atomic mass is 9.74. The second-order valence-corrected chi connectivity index (χ2v) is 8.25. The van der Waals surface area contributed by atoms with Gasteiger partial charge in [0, 0.05) is 23.5 Å². The molecule has 1 heterocycles. The van der Waals surface area contributed by atoms with Crippen LogP contribution in [0, 0.1) is 11.7 Å². The van der Waals surface area contributed by atoms with E-state index in [1.807, 2.05) is 6.08 Å². The van der Waals surface area contributed by atoms with Crippen molar-refractivity contribution in [1.82, 2.24) is 10.7 Å². The SMILES string of the molecule is COc1cc(F)ccc1C(C)(C)CC(O)(CNC1=CC=CC2NN=CC12)C(F)(F)F. The largest absolute Gasteiger partial charge is 0.496 e. The van der Waals surface area contributed by atoms with E-state index < -0.39 is 36.0 Å². The molecule has 0 saturated carbocycles. The zero-order valence-corrected chi connectivity index (χ0v) is 16.9. The maximum Gasteiger partial charge on any atom is 0.418 e. The van der Waals surface area contributed by atoms with Gasteiger partial charge < -0.3 is 20.6 Å². The summed E-state index contributed by atoms with van der Waals surface area (Å²) in [5.41, 5.74) is -0.414. The van der Waals surface area contributed by atoms with Gasteiger partial charge in [0.2, 0.25) is 0 Å². The van der Waals surface area contributed by atoms with Gasteiger partial charge in [-0.15, -0.1) is 0 Å². The Morgan fingerprint density at radius 1 is 1.27 bits per heavy atom. The van der Waals surface area contributed by atoms with E-state index in [9.17, 15) is 22.7 Å². The number of ether oxygens (including phenoxy) is 1. The summed E-state index contributed by atoms with van der Waals surface area (Å²) in [4.78, 5) is 0. The van der Waals surface area contributed by atoms with Crippen molar-refractivity contribution in [3.8, 4) is 5.75 Å². The molecule has 1 aliphatic heterocycles. The molecule has 1 aromatic rings. The average molecular weight is 427 g/mol. The van der Waals surface area contributed by atoms with E-state index in [-0.39, 0.29) is 17.7 Å². The molecule has 9 heteroatoms. The van der Waals surface area contributed by atoms with Crippen molar-refractivity contribution < 1.29 is 27.4 Å². The molecule has 3 rings (SSSR count). The molecule has 0 saturated heterocycles. The van der Waals surface area contributed by atoms with Crippen molar-refractivity contribution in [2.24, 2.45) is 11.0 Å². The Balaban J connectivity index is 1.84. The van der Waals surface area contributed by atoms with Gasteiger partial charge in [0.1, 0.15) is 11.6 Å². The van der Waals surface area contributed by atoms with Gasteiger partial charge in [0.05, 0.1) is 25.6 Å². The first-order valence-electron chi connectivity index (χ1n) is 9.51. The highest BCUT2D eigenvalue weighted by Gasteiger charge is 2.56. The number of hydrogen-bond acceptors (Lipinski definition) is 5. The third-order valence-corrected chi connectivity index (χ3v) is 5.54. The number of alkyl halides is 3. The van der Waals surface area contributed by atoms with E-state index in [0.29, 0.717) is 11.3 Å². The maximum atomic E-state index is 14.0. The fourth-order valence-electron chi connectivity index (χ4n) is 3.95. The molecule has 3 N–H and O–H groups in total. The smallest absolute Gasteiger partial charge is 0.418 e. The summed E-state index contributed by atoms with van der Waals surface area (Å²) >= 11 is 0. The fraction of sp³-hybridized carbons (Fsp3) is 0.476. The molecule has 0 spiro atoms. The highest BCUT2D eigenvalue weighted by atomic mass is 19.4. The van der Waals surface area contributed by atoms with Gasteiger partial charge in [-0.25, -0.2) is 4.39 Å². The predicted molar refractivity (Wildman–Crippen MR) is 106 cm³/mol. The van der Waals surface area contributed by atoms with Crippen molar-refractivity contribution >= 4 is 6.21 Å². The topological polar surface area (TPSA) is 65.9 Å². The van der Waals surface area contributed by atoms with Gasteiger partial charge in [0.15, 0.2) is 5.60 Å². The van der Waals surface area contributed by atoms with E-state index in [1.54, 1.807) is 32.2 Å². The van der Waals surface area contributed by atoms with Gasteiger partial charge in [-0.05, 0) is 24.0 Å². The molecule has 0 aromatic heterocycles. The quantitative estimate of drug-likeness (QED) is 0.584. The summed E-state index contributed by atoms with van der Waals surface area (Å²) < 4.78 is 60.6. The number of nitrogens with zero attached hydrogens (tertiary/aromatic N) is 1. The molecule has 164 valence electrons. The summed E-state index contributed by atoms with van der Waals surface area (Å²) in [5, 5.41) is 17.5. The Kier molecular flexibility index (Phi) is 5.86.